The molecule has 0 fully saturated rings. The summed E-state index contributed by atoms with van der Waals surface area (Å²) in [5.41, 5.74) is 6.37. The summed E-state index contributed by atoms with van der Waals surface area (Å²) in [6.07, 6.45) is -0.236. The van der Waals surface area contributed by atoms with E-state index in [4.69, 9.17) is 5.73 Å². The molecule has 8 heavy (non-hydrogen) atoms. The lowest BCUT2D eigenvalue weighted by Gasteiger charge is -2.02. The van der Waals surface area contributed by atoms with Crippen molar-refractivity contribution in [2.24, 2.45) is 10.7 Å². The fourth-order valence-electron chi connectivity index (χ4n) is 0.343. The molecule has 0 aliphatic carbocycles. The number of nitrogens with one attached hydrogen (secondary N) is 1. The van der Waals surface area contributed by atoms with Crippen molar-refractivity contribution in [3.63, 3.8) is 0 Å². The normalized spacial score (nSPS) is 13.0. The van der Waals surface area contributed by atoms with Gasteiger partial charge in [0.25, 0.3) is 0 Å². The summed E-state index contributed by atoms with van der Waals surface area (Å²) in [5, 5.41) is 2.79. The Morgan fingerprint density at radius 2 is 2.12 bits per heavy atom. The highest BCUT2D eigenvalue weighted by Gasteiger charge is 1.88. The summed E-state index contributed by atoms with van der Waals surface area (Å²) in [5.74, 6) is 0. The van der Waals surface area contributed by atoms with Gasteiger partial charge in [-0.1, -0.05) is 0 Å². The minimum Gasteiger partial charge on any atom is -0.297 e. The van der Waals surface area contributed by atoms with Crippen molar-refractivity contribution in [3.05, 3.63) is 0 Å². The van der Waals surface area contributed by atoms with Gasteiger partial charge in [0.1, 0.15) is 0 Å². The molecule has 0 spiro atoms. The molecular weight excluding hydrogens is 102 g/mol. The molecule has 1 atom stereocenters. The smallest absolute Gasteiger partial charge is 0.150 e. The molecule has 0 saturated carbocycles. The molecule has 0 aromatic carbocycles. The van der Waals surface area contributed by atoms with E-state index in [-0.39, 0.29) is 6.29 Å². The SMILES string of the molecule is CN[C@@H](N)N=C(C)C. The minimum absolute atomic E-state index is 0.236. The van der Waals surface area contributed by atoms with Crippen LogP contribution in [-0.2, 0) is 0 Å². The van der Waals surface area contributed by atoms with Crippen LogP contribution in [0.5, 0.6) is 0 Å². The average molecular weight is 115 g/mol. The van der Waals surface area contributed by atoms with Gasteiger partial charge >= 0.3 is 0 Å². The molecule has 0 saturated heterocycles. The Balaban J connectivity index is 3.51. The van der Waals surface area contributed by atoms with Crippen molar-refractivity contribution in [3.8, 4) is 0 Å². The van der Waals surface area contributed by atoms with Crippen LogP contribution < -0.4 is 11.1 Å². The predicted molar refractivity (Wildman–Crippen MR) is 35.8 cm³/mol. The number of aliphatic imine (C=N–C) groups is 1. The molecular formula is C5H13N3. The van der Waals surface area contributed by atoms with Gasteiger partial charge < -0.3 is 0 Å². The molecule has 0 aromatic heterocycles. The molecule has 3 nitrogen and oxygen atoms in total. The number of nitrogens with two attached hydrogens (primary N) is 1. The molecule has 0 heterocycles. The molecule has 3 heteroatoms. The first-order valence-corrected chi connectivity index (χ1v) is 2.60. The lowest BCUT2D eigenvalue weighted by molar-refractivity contribution is 0.613. The first-order chi connectivity index (χ1) is 3.66. The summed E-state index contributed by atoms with van der Waals surface area (Å²) in [6.45, 7) is 3.83. The summed E-state index contributed by atoms with van der Waals surface area (Å²) in [7, 11) is 1.77. The maximum atomic E-state index is 5.38. The summed E-state index contributed by atoms with van der Waals surface area (Å²) >= 11 is 0. The molecule has 0 unspecified atom stereocenters. The molecule has 0 aliphatic heterocycles. The van der Waals surface area contributed by atoms with E-state index in [0.717, 1.165) is 5.71 Å². The molecule has 0 rings (SSSR count). The first-order valence-electron chi connectivity index (χ1n) is 2.60. The third-order valence-electron chi connectivity index (χ3n) is 0.693. The fourth-order valence-corrected chi connectivity index (χ4v) is 0.343. The van der Waals surface area contributed by atoms with Crippen LogP contribution in [0.2, 0.25) is 0 Å². The predicted octanol–water partition coefficient (Wildman–Crippen LogP) is -0.0711. The second-order valence-electron chi connectivity index (χ2n) is 1.81. The number of hydrogen-bond acceptors (Lipinski definition) is 3. The van der Waals surface area contributed by atoms with Crippen LogP contribution in [0.3, 0.4) is 0 Å². The van der Waals surface area contributed by atoms with E-state index in [1.807, 2.05) is 13.8 Å². The zero-order valence-electron chi connectivity index (χ0n) is 5.60. The van der Waals surface area contributed by atoms with Gasteiger partial charge in [0.05, 0.1) is 0 Å². The van der Waals surface area contributed by atoms with Gasteiger partial charge in [-0.2, -0.15) is 0 Å². The van der Waals surface area contributed by atoms with E-state index in [9.17, 15) is 0 Å². The molecule has 0 aliphatic rings. The highest BCUT2D eigenvalue weighted by molar-refractivity contribution is 5.79. The van der Waals surface area contributed by atoms with Crippen LogP contribution in [0.1, 0.15) is 13.8 Å². The first kappa shape index (κ1) is 7.59. The van der Waals surface area contributed by atoms with Crippen LogP contribution in [0.25, 0.3) is 0 Å². The van der Waals surface area contributed by atoms with Gasteiger partial charge in [0, 0.05) is 5.71 Å². The van der Waals surface area contributed by atoms with Crippen LogP contribution in [-0.4, -0.2) is 19.0 Å². The highest BCUT2D eigenvalue weighted by atomic mass is 15.2. The fraction of sp³-hybridized carbons (Fsp3) is 0.800. The quantitative estimate of drug-likeness (QED) is 0.391. The van der Waals surface area contributed by atoms with Gasteiger partial charge in [-0.25, -0.2) is 0 Å². The lowest BCUT2D eigenvalue weighted by atomic mass is 10.5. The summed E-state index contributed by atoms with van der Waals surface area (Å²) < 4.78 is 0. The van der Waals surface area contributed by atoms with Gasteiger partial charge in [0.15, 0.2) is 6.29 Å². The Hall–Kier alpha value is -0.410. The largest absolute Gasteiger partial charge is 0.297 e. The minimum atomic E-state index is -0.236. The van der Waals surface area contributed by atoms with E-state index >= 15 is 0 Å². The lowest BCUT2D eigenvalue weighted by Crippen LogP contribution is -2.32. The van der Waals surface area contributed by atoms with Crippen LogP contribution in [0.15, 0.2) is 4.99 Å². The third kappa shape index (κ3) is 3.77. The molecule has 0 aromatic rings. The highest BCUT2D eigenvalue weighted by Crippen LogP contribution is 1.75. The van der Waals surface area contributed by atoms with Gasteiger partial charge in [-0.3, -0.25) is 16.0 Å². The van der Waals surface area contributed by atoms with Crippen molar-refractivity contribution in [1.29, 1.82) is 0 Å². The van der Waals surface area contributed by atoms with Crippen molar-refractivity contribution in [2.75, 3.05) is 7.05 Å². The molecule has 0 bridgehead atoms. The Labute approximate surface area is 50.0 Å². The second-order valence-corrected chi connectivity index (χ2v) is 1.81. The summed E-state index contributed by atoms with van der Waals surface area (Å²) in [6, 6.07) is 0. The van der Waals surface area contributed by atoms with Gasteiger partial charge in [-0.05, 0) is 20.9 Å². The number of nitrogens with zero attached hydrogens (tertiary/aromatic N) is 1. The average Bonchev–Trinajstić information content (AvgIpc) is 1.65. The summed E-state index contributed by atoms with van der Waals surface area (Å²) in [4.78, 5) is 3.98. The van der Waals surface area contributed by atoms with Crippen molar-refractivity contribution < 1.29 is 0 Å². The topological polar surface area (TPSA) is 50.4 Å². The van der Waals surface area contributed by atoms with E-state index in [0.29, 0.717) is 0 Å². The standard InChI is InChI=1S/C5H13N3/c1-4(2)8-5(6)7-3/h5,7H,6H2,1-3H3/t5-/m1/s1. The Kier molecular flexibility index (Phi) is 3.39. The molecule has 0 radical (unpaired) electrons. The zero-order valence-corrected chi connectivity index (χ0v) is 5.60. The second kappa shape index (κ2) is 3.57. The van der Waals surface area contributed by atoms with Crippen molar-refractivity contribution >= 4 is 5.71 Å². The van der Waals surface area contributed by atoms with Crippen LogP contribution >= 0.6 is 0 Å². The van der Waals surface area contributed by atoms with Crippen LogP contribution in [0.4, 0.5) is 0 Å². The van der Waals surface area contributed by atoms with Crippen LogP contribution in [0, 0.1) is 0 Å². The number of hydrogen-bond donors (Lipinski definition) is 2. The van der Waals surface area contributed by atoms with E-state index in [2.05, 4.69) is 10.3 Å². The third-order valence-corrected chi connectivity index (χ3v) is 0.693. The molecule has 0 amide bonds. The monoisotopic (exact) mass is 115 g/mol. The van der Waals surface area contributed by atoms with Crippen molar-refractivity contribution in [2.45, 2.75) is 20.1 Å². The Bertz CT molecular complexity index is 83.7. The number of rotatable bonds is 2. The Morgan fingerprint density at radius 3 is 2.25 bits per heavy atom. The van der Waals surface area contributed by atoms with E-state index in [1.165, 1.54) is 0 Å². The van der Waals surface area contributed by atoms with Crippen molar-refractivity contribution in [1.82, 2.24) is 5.32 Å². The zero-order chi connectivity index (χ0) is 6.57. The van der Waals surface area contributed by atoms with Gasteiger partial charge in [0.2, 0.25) is 0 Å². The van der Waals surface area contributed by atoms with Gasteiger partial charge in [-0.15, -0.1) is 0 Å². The molecule has 48 valence electrons. The maximum absolute atomic E-state index is 5.38. The maximum Gasteiger partial charge on any atom is 0.150 e. The van der Waals surface area contributed by atoms with E-state index in [1.54, 1.807) is 7.05 Å². The molecule has 3 N–H and O–H groups in total. The Morgan fingerprint density at radius 1 is 1.62 bits per heavy atom. The van der Waals surface area contributed by atoms with E-state index < -0.39 is 0 Å².